The standard InChI is InChI=1S/C16H19BrFN3O/c1-2-19-16(21-11-13-4-3-9-22-13)20-8-7-12-5-6-15(18)14(17)10-12/h3-6,9-10H,2,7-8,11H2,1H3,(H2,19,20,21). The summed E-state index contributed by atoms with van der Waals surface area (Å²) >= 11 is 3.20. The van der Waals surface area contributed by atoms with E-state index < -0.39 is 0 Å². The van der Waals surface area contributed by atoms with Crippen LogP contribution in [0.25, 0.3) is 0 Å². The SMILES string of the molecule is CCNC(=NCc1ccco1)NCCc1ccc(F)c(Br)c1. The Balaban J connectivity index is 1.85. The smallest absolute Gasteiger partial charge is 0.191 e. The monoisotopic (exact) mass is 367 g/mol. The Hall–Kier alpha value is -1.82. The van der Waals surface area contributed by atoms with Crippen LogP contribution in [-0.2, 0) is 13.0 Å². The summed E-state index contributed by atoms with van der Waals surface area (Å²) < 4.78 is 18.9. The average Bonchev–Trinajstić information content (AvgIpc) is 3.02. The van der Waals surface area contributed by atoms with E-state index in [9.17, 15) is 4.39 Å². The summed E-state index contributed by atoms with van der Waals surface area (Å²) in [5.74, 6) is 1.31. The van der Waals surface area contributed by atoms with E-state index >= 15 is 0 Å². The number of benzene rings is 1. The first-order chi connectivity index (χ1) is 10.7. The van der Waals surface area contributed by atoms with Crippen LogP contribution in [0.5, 0.6) is 0 Å². The number of hydrogen-bond donors (Lipinski definition) is 2. The highest BCUT2D eigenvalue weighted by Gasteiger charge is 2.02. The predicted octanol–water partition coefficient (Wildman–Crippen LogP) is 3.48. The lowest BCUT2D eigenvalue weighted by Crippen LogP contribution is -2.38. The van der Waals surface area contributed by atoms with Gasteiger partial charge in [-0.15, -0.1) is 0 Å². The Morgan fingerprint density at radius 1 is 1.32 bits per heavy atom. The van der Waals surface area contributed by atoms with Crippen LogP contribution in [-0.4, -0.2) is 19.0 Å². The highest BCUT2D eigenvalue weighted by molar-refractivity contribution is 9.10. The maximum atomic E-state index is 13.2. The minimum atomic E-state index is -0.245. The second kappa shape index (κ2) is 8.58. The molecule has 0 aliphatic carbocycles. The fraction of sp³-hybridized carbons (Fsp3) is 0.312. The highest BCUT2D eigenvalue weighted by Crippen LogP contribution is 2.16. The molecule has 4 nitrogen and oxygen atoms in total. The lowest BCUT2D eigenvalue weighted by atomic mass is 10.1. The lowest BCUT2D eigenvalue weighted by molar-refractivity contribution is 0.512. The Bertz CT molecular complexity index is 614. The fourth-order valence-electron chi connectivity index (χ4n) is 1.92. The first kappa shape index (κ1) is 16.5. The maximum absolute atomic E-state index is 13.2. The zero-order valence-corrected chi connectivity index (χ0v) is 14.0. The summed E-state index contributed by atoms with van der Waals surface area (Å²) in [6, 6.07) is 8.79. The first-order valence-electron chi connectivity index (χ1n) is 7.17. The van der Waals surface area contributed by atoms with Crippen molar-refractivity contribution in [3.05, 3.63) is 58.2 Å². The number of nitrogens with zero attached hydrogens (tertiary/aromatic N) is 1. The minimum Gasteiger partial charge on any atom is -0.467 e. The highest BCUT2D eigenvalue weighted by atomic mass is 79.9. The van der Waals surface area contributed by atoms with Gasteiger partial charge < -0.3 is 15.1 Å². The molecule has 1 aromatic carbocycles. The lowest BCUT2D eigenvalue weighted by Gasteiger charge is -2.11. The van der Waals surface area contributed by atoms with E-state index in [1.807, 2.05) is 19.1 Å². The Labute approximate surface area is 138 Å². The van der Waals surface area contributed by atoms with Crippen LogP contribution >= 0.6 is 15.9 Å². The third-order valence-electron chi connectivity index (χ3n) is 3.01. The number of hydrogen-bond acceptors (Lipinski definition) is 2. The zero-order valence-electron chi connectivity index (χ0n) is 12.4. The number of rotatable bonds is 6. The van der Waals surface area contributed by atoms with E-state index in [0.717, 1.165) is 30.2 Å². The quantitative estimate of drug-likeness (QED) is 0.606. The van der Waals surface area contributed by atoms with Gasteiger partial charge in [0.05, 0.1) is 10.7 Å². The molecule has 2 rings (SSSR count). The van der Waals surface area contributed by atoms with Gasteiger partial charge >= 0.3 is 0 Å². The topological polar surface area (TPSA) is 49.6 Å². The third-order valence-corrected chi connectivity index (χ3v) is 3.62. The van der Waals surface area contributed by atoms with Crippen molar-refractivity contribution in [1.29, 1.82) is 0 Å². The van der Waals surface area contributed by atoms with Crippen molar-refractivity contribution >= 4 is 21.9 Å². The third kappa shape index (κ3) is 5.18. The van der Waals surface area contributed by atoms with Gasteiger partial charge in [-0.2, -0.15) is 0 Å². The molecule has 0 saturated heterocycles. The first-order valence-corrected chi connectivity index (χ1v) is 7.97. The maximum Gasteiger partial charge on any atom is 0.191 e. The summed E-state index contributed by atoms with van der Waals surface area (Å²) in [5, 5.41) is 6.43. The molecule has 22 heavy (non-hydrogen) atoms. The fourth-order valence-corrected chi connectivity index (χ4v) is 2.35. The van der Waals surface area contributed by atoms with Crippen LogP contribution < -0.4 is 10.6 Å². The molecule has 0 aliphatic heterocycles. The van der Waals surface area contributed by atoms with Gasteiger partial charge in [-0.05, 0) is 59.1 Å². The number of nitrogens with one attached hydrogen (secondary N) is 2. The van der Waals surface area contributed by atoms with E-state index in [1.165, 1.54) is 6.07 Å². The van der Waals surface area contributed by atoms with Crippen LogP contribution in [0.1, 0.15) is 18.2 Å². The molecular formula is C16H19BrFN3O. The number of halogens is 2. The molecule has 0 bridgehead atoms. The minimum absolute atomic E-state index is 0.245. The summed E-state index contributed by atoms with van der Waals surface area (Å²) in [7, 11) is 0. The van der Waals surface area contributed by atoms with Gasteiger partial charge in [0.15, 0.2) is 5.96 Å². The molecule has 0 atom stereocenters. The molecule has 0 spiro atoms. The summed E-state index contributed by atoms with van der Waals surface area (Å²) in [6.07, 6.45) is 2.42. The van der Waals surface area contributed by atoms with Gasteiger partial charge in [-0.25, -0.2) is 9.38 Å². The van der Waals surface area contributed by atoms with Gasteiger partial charge in [-0.3, -0.25) is 0 Å². The van der Waals surface area contributed by atoms with Gasteiger partial charge in [0.25, 0.3) is 0 Å². The van der Waals surface area contributed by atoms with E-state index in [0.29, 0.717) is 17.6 Å². The van der Waals surface area contributed by atoms with Gasteiger partial charge in [0, 0.05) is 13.1 Å². The average molecular weight is 368 g/mol. The molecule has 0 amide bonds. The normalized spacial score (nSPS) is 11.5. The van der Waals surface area contributed by atoms with Crippen molar-refractivity contribution in [2.24, 2.45) is 4.99 Å². The van der Waals surface area contributed by atoms with Gasteiger partial charge in [0.2, 0.25) is 0 Å². The van der Waals surface area contributed by atoms with Gasteiger partial charge in [-0.1, -0.05) is 6.07 Å². The number of furan rings is 1. The Kier molecular flexibility index (Phi) is 6.45. The van der Waals surface area contributed by atoms with E-state index in [1.54, 1.807) is 18.4 Å². The summed E-state index contributed by atoms with van der Waals surface area (Å²) in [4.78, 5) is 4.45. The second-order valence-corrected chi connectivity index (χ2v) is 5.55. The molecule has 118 valence electrons. The molecule has 0 aliphatic rings. The molecule has 1 aromatic heterocycles. The molecule has 2 N–H and O–H groups in total. The van der Waals surface area contributed by atoms with Crippen LogP contribution in [0.3, 0.4) is 0 Å². The van der Waals surface area contributed by atoms with Crippen molar-refractivity contribution in [2.45, 2.75) is 19.9 Å². The van der Waals surface area contributed by atoms with E-state index in [2.05, 4.69) is 31.6 Å². The number of aliphatic imine (C=N–C) groups is 1. The molecule has 2 aromatic rings. The molecule has 0 radical (unpaired) electrons. The van der Waals surface area contributed by atoms with Crippen molar-refractivity contribution < 1.29 is 8.81 Å². The van der Waals surface area contributed by atoms with E-state index in [4.69, 9.17) is 4.42 Å². The van der Waals surface area contributed by atoms with Crippen LogP contribution in [0.15, 0.2) is 50.5 Å². The molecule has 0 saturated carbocycles. The predicted molar refractivity (Wildman–Crippen MR) is 89.3 cm³/mol. The molecule has 0 unspecified atom stereocenters. The van der Waals surface area contributed by atoms with Crippen molar-refractivity contribution in [3.63, 3.8) is 0 Å². The summed E-state index contributed by atoms with van der Waals surface area (Å²) in [6.45, 7) is 4.00. The Morgan fingerprint density at radius 3 is 2.86 bits per heavy atom. The molecular weight excluding hydrogens is 349 g/mol. The van der Waals surface area contributed by atoms with Crippen LogP contribution in [0, 0.1) is 5.82 Å². The number of guanidine groups is 1. The van der Waals surface area contributed by atoms with Crippen LogP contribution in [0.4, 0.5) is 4.39 Å². The van der Waals surface area contributed by atoms with Crippen molar-refractivity contribution in [1.82, 2.24) is 10.6 Å². The van der Waals surface area contributed by atoms with Gasteiger partial charge in [0.1, 0.15) is 18.1 Å². The second-order valence-electron chi connectivity index (χ2n) is 4.70. The molecule has 1 heterocycles. The molecule has 6 heteroatoms. The Morgan fingerprint density at radius 2 is 2.18 bits per heavy atom. The van der Waals surface area contributed by atoms with Crippen LogP contribution in [0.2, 0.25) is 0 Å². The van der Waals surface area contributed by atoms with E-state index in [-0.39, 0.29) is 5.82 Å². The molecule has 0 fully saturated rings. The van der Waals surface area contributed by atoms with Crippen molar-refractivity contribution in [2.75, 3.05) is 13.1 Å². The largest absolute Gasteiger partial charge is 0.467 e. The zero-order chi connectivity index (χ0) is 15.8. The summed E-state index contributed by atoms with van der Waals surface area (Å²) in [5.41, 5.74) is 1.06. The van der Waals surface area contributed by atoms with Crippen molar-refractivity contribution in [3.8, 4) is 0 Å².